The van der Waals surface area contributed by atoms with Gasteiger partial charge in [0.25, 0.3) is 0 Å². The molecule has 66 valence electrons. The van der Waals surface area contributed by atoms with E-state index in [1.54, 1.807) is 6.07 Å². The van der Waals surface area contributed by atoms with Crippen LogP contribution in [0.5, 0.6) is 5.75 Å². The summed E-state index contributed by atoms with van der Waals surface area (Å²) in [5.41, 5.74) is -0.00773. The lowest BCUT2D eigenvalue weighted by atomic mass is 10.2. The van der Waals surface area contributed by atoms with E-state index in [-0.39, 0.29) is 17.0 Å². The van der Waals surface area contributed by atoms with Crippen molar-refractivity contribution in [1.29, 1.82) is 5.26 Å². The second-order valence-electron chi connectivity index (χ2n) is 2.20. The minimum atomic E-state index is -0.734. The summed E-state index contributed by atoms with van der Waals surface area (Å²) < 4.78 is 4.35. The number of pyridine rings is 1. The predicted molar refractivity (Wildman–Crippen MR) is 42.0 cm³/mol. The lowest BCUT2D eigenvalue weighted by Crippen LogP contribution is -2.04. The fourth-order valence-electron chi connectivity index (χ4n) is 0.768. The van der Waals surface area contributed by atoms with Gasteiger partial charge in [0.15, 0.2) is 5.69 Å². The minimum Gasteiger partial charge on any atom is -0.505 e. The third-order valence-electron chi connectivity index (χ3n) is 1.38. The van der Waals surface area contributed by atoms with Crippen LogP contribution in [0.25, 0.3) is 0 Å². The van der Waals surface area contributed by atoms with Crippen molar-refractivity contribution in [3.05, 3.63) is 23.5 Å². The summed E-state index contributed by atoms with van der Waals surface area (Å²) >= 11 is 0. The quantitative estimate of drug-likeness (QED) is 0.631. The van der Waals surface area contributed by atoms with Crippen molar-refractivity contribution in [2.75, 3.05) is 7.11 Å². The maximum Gasteiger partial charge on any atom is 0.360 e. The molecule has 1 heterocycles. The number of nitrogens with zero attached hydrogens (tertiary/aromatic N) is 2. The Hall–Kier alpha value is -2.09. The number of aromatic nitrogens is 1. The molecule has 1 aromatic rings. The predicted octanol–water partition coefficient (Wildman–Crippen LogP) is 0.445. The van der Waals surface area contributed by atoms with E-state index in [1.165, 1.54) is 13.3 Å². The fraction of sp³-hybridized carbons (Fsp3) is 0.125. The molecule has 0 unspecified atom stereocenters. The molecular formula is C8H6N2O3. The second-order valence-corrected chi connectivity index (χ2v) is 2.20. The monoisotopic (exact) mass is 178 g/mol. The van der Waals surface area contributed by atoms with Crippen molar-refractivity contribution in [2.24, 2.45) is 0 Å². The first-order valence-electron chi connectivity index (χ1n) is 3.36. The Morgan fingerprint density at radius 1 is 1.77 bits per heavy atom. The Morgan fingerprint density at radius 3 is 2.92 bits per heavy atom. The summed E-state index contributed by atoms with van der Waals surface area (Å²) in [6.07, 6.45) is 1.19. The van der Waals surface area contributed by atoms with Crippen molar-refractivity contribution >= 4 is 5.97 Å². The number of ether oxygens (including phenoxy) is 1. The van der Waals surface area contributed by atoms with E-state index in [9.17, 15) is 9.90 Å². The molecule has 0 spiro atoms. The third-order valence-corrected chi connectivity index (χ3v) is 1.38. The average molecular weight is 178 g/mol. The van der Waals surface area contributed by atoms with Crippen molar-refractivity contribution in [3.8, 4) is 11.8 Å². The highest BCUT2D eigenvalue weighted by molar-refractivity contribution is 5.90. The zero-order valence-electron chi connectivity index (χ0n) is 6.81. The van der Waals surface area contributed by atoms with Crippen LogP contribution in [-0.2, 0) is 4.74 Å². The van der Waals surface area contributed by atoms with Gasteiger partial charge in [0.05, 0.1) is 12.7 Å². The summed E-state index contributed by atoms with van der Waals surface area (Å²) in [6, 6.07) is 2.93. The molecule has 0 aliphatic heterocycles. The first kappa shape index (κ1) is 9.00. The second kappa shape index (κ2) is 3.54. The van der Waals surface area contributed by atoms with Crippen LogP contribution in [-0.4, -0.2) is 23.2 Å². The molecule has 5 heteroatoms. The van der Waals surface area contributed by atoms with Crippen LogP contribution in [0.3, 0.4) is 0 Å². The van der Waals surface area contributed by atoms with Gasteiger partial charge in [-0.15, -0.1) is 0 Å². The van der Waals surface area contributed by atoms with Gasteiger partial charge in [-0.25, -0.2) is 9.78 Å². The molecule has 1 aromatic heterocycles. The summed E-state index contributed by atoms with van der Waals surface area (Å²) in [7, 11) is 1.18. The molecule has 1 rings (SSSR count). The zero-order valence-corrected chi connectivity index (χ0v) is 6.81. The normalized spacial score (nSPS) is 8.92. The Labute approximate surface area is 74.2 Å². The van der Waals surface area contributed by atoms with Crippen molar-refractivity contribution in [2.45, 2.75) is 0 Å². The molecular weight excluding hydrogens is 172 g/mol. The number of methoxy groups -OCH3 is 1. The molecule has 0 fully saturated rings. The molecule has 0 amide bonds. The molecule has 0 radical (unpaired) electrons. The lowest BCUT2D eigenvalue weighted by Gasteiger charge is -2.00. The lowest BCUT2D eigenvalue weighted by molar-refractivity contribution is 0.0590. The maximum atomic E-state index is 10.9. The molecule has 13 heavy (non-hydrogen) atoms. The minimum absolute atomic E-state index is 0.185. The Bertz CT molecular complexity index is 381. The number of nitriles is 1. The first-order valence-corrected chi connectivity index (χ1v) is 3.36. The molecule has 0 aliphatic rings. The molecule has 0 saturated heterocycles. The van der Waals surface area contributed by atoms with Crippen molar-refractivity contribution in [3.63, 3.8) is 0 Å². The molecule has 1 N–H and O–H groups in total. The standard InChI is InChI=1S/C8H6N2O3/c1-13-8(12)7-6(11)2-5(3-9)4-10-7/h2,4,11H,1H3. The van der Waals surface area contributed by atoms with Crippen molar-refractivity contribution < 1.29 is 14.6 Å². The number of carbonyl (C=O) groups is 1. The highest BCUT2D eigenvalue weighted by Crippen LogP contribution is 2.15. The van der Waals surface area contributed by atoms with Gasteiger partial charge in [-0.1, -0.05) is 0 Å². The van der Waals surface area contributed by atoms with Crippen molar-refractivity contribution in [1.82, 2.24) is 4.98 Å². The molecule has 5 nitrogen and oxygen atoms in total. The number of hydrogen-bond acceptors (Lipinski definition) is 5. The van der Waals surface area contributed by atoms with Crippen LogP contribution in [0.4, 0.5) is 0 Å². The van der Waals surface area contributed by atoms with Gasteiger partial charge in [0, 0.05) is 12.3 Å². The molecule has 0 saturated carbocycles. The number of carbonyl (C=O) groups excluding carboxylic acids is 1. The third kappa shape index (κ3) is 1.73. The van der Waals surface area contributed by atoms with E-state index in [2.05, 4.69) is 9.72 Å². The fourth-order valence-corrected chi connectivity index (χ4v) is 0.768. The van der Waals surface area contributed by atoms with Gasteiger partial charge in [0.2, 0.25) is 0 Å². The number of aromatic hydroxyl groups is 1. The molecule has 0 atom stereocenters. The largest absolute Gasteiger partial charge is 0.505 e. The van der Waals surface area contributed by atoms with Crippen LogP contribution < -0.4 is 0 Å². The van der Waals surface area contributed by atoms with Crippen LogP contribution in [0, 0.1) is 11.3 Å². The van der Waals surface area contributed by atoms with E-state index in [0.29, 0.717) is 0 Å². The van der Waals surface area contributed by atoms with E-state index in [0.717, 1.165) is 6.07 Å². The maximum absolute atomic E-state index is 10.9. The van der Waals surface area contributed by atoms with E-state index < -0.39 is 5.97 Å². The number of rotatable bonds is 1. The smallest absolute Gasteiger partial charge is 0.360 e. The van der Waals surface area contributed by atoms with Gasteiger partial charge in [-0.05, 0) is 0 Å². The van der Waals surface area contributed by atoms with Gasteiger partial charge in [-0.3, -0.25) is 0 Å². The zero-order chi connectivity index (χ0) is 9.84. The summed E-state index contributed by atoms with van der Waals surface area (Å²) in [5, 5.41) is 17.6. The average Bonchev–Trinajstić information content (AvgIpc) is 2.16. The Kier molecular flexibility index (Phi) is 2.45. The molecule has 0 aliphatic carbocycles. The van der Waals surface area contributed by atoms with Crippen LogP contribution in [0.2, 0.25) is 0 Å². The number of hydrogen-bond donors (Lipinski definition) is 1. The SMILES string of the molecule is COC(=O)c1ncc(C#N)cc1O. The summed E-state index contributed by atoms with van der Waals surface area (Å²) in [4.78, 5) is 14.5. The van der Waals surface area contributed by atoms with Crippen LogP contribution in [0.1, 0.15) is 16.1 Å². The van der Waals surface area contributed by atoms with Gasteiger partial charge < -0.3 is 9.84 Å². The van der Waals surface area contributed by atoms with Gasteiger partial charge >= 0.3 is 5.97 Å². The molecule has 0 bridgehead atoms. The Balaban J connectivity index is 3.14. The number of esters is 1. The van der Waals surface area contributed by atoms with E-state index >= 15 is 0 Å². The Morgan fingerprint density at radius 2 is 2.46 bits per heavy atom. The highest BCUT2D eigenvalue weighted by atomic mass is 16.5. The highest BCUT2D eigenvalue weighted by Gasteiger charge is 2.13. The summed E-state index contributed by atoms with van der Waals surface area (Å²) in [6.45, 7) is 0. The topological polar surface area (TPSA) is 83.2 Å². The summed E-state index contributed by atoms with van der Waals surface area (Å²) in [5.74, 6) is -1.09. The van der Waals surface area contributed by atoms with Crippen LogP contribution >= 0.6 is 0 Å². The van der Waals surface area contributed by atoms with E-state index in [1.807, 2.05) is 0 Å². The van der Waals surface area contributed by atoms with Gasteiger partial charge in [0.1, 0.15) is 11.8 Å². The van der Waals surface area contributed by atoms with Gasteiger partial charge in [-0.2, -0.15) is 5.26 Å². The van der Waals surface area contributed by atoms with Crippen LogP contribution in [0.15, 0.2) is 12.3 Å². The molecule has 0 aromatic carbocycles. The first-order chi connectivity index (χ1) is 6.19. The van der Waals surface area contributed by atoms with E-state index in [4.69, 9.17) is 5.26 Å².